The minimum atomic E-state index is -2.88. The minimum absolute atomic E-state index is 0.770. The molecular weight excluding hydrogens is 622 g/mol. The molecule has 21 nitrogen and oxygen atoms in total. The van der Waals surface area contributed by atoms with Gasteiger partial charge in [-0.3, -0.25) is 4.79 Å². The predicted molar refractivity (Wildman–Crippen MR) is 136 cm³/mol. The summed E-state index contributed by atoms with van der Waals surface area (Å²) in [5.41, 5.74) is 0. The highest BCUT2D eigenvalue weighted by Crippen LogP contribution is 2.35. The number of aliphatic hydroxyl groups is 11. The molecule has 3 saturated heterocycles. The Morgan fingerprint density at radius 2 is 1.53 bits per heavy atom. The van der Waals surface area contributed by atoms with Crippen molar-refractivity contribution in [2.24, 2.45) is 0 Å². The van der Waals surface area contributed by atoms with Crippen LogP contribution in [0.25, 0.3) is 0 Å². The monoisotopic (exact) mass is 663 g/mol. The predicted octanol–water partition coefficient (Wildman–Crippen LogP) is -8.60. The molecule has 0 saturated carbocycles. The Balaban J connectivity index is 1.82. The zero-order chi connectivity index (χ0) is 33.8. The second kappa shape index (κ2) is 15.9. The van der Waals surface area contributed by atoms with Crippen LogP contribution in [-0.2, 0) is 38.0 Å². The lowest BCUT2D eigenvalue weighted by Gasteiger charge is -2.48. The van der Waals surface area contributed by atoms with E-state index in [0.717, 1.165) is 7.11 Å². The number of carbonyl (C=O) groups excluding carboxylic acids is 1. The van der Waals surface area contributed by atoms with Gasteiger partial charge in [0.2, 0.25) is 5.91 Å². The third kappa shape index (κ3) is 8.05. The molecule has 0 aromatic heterocycles. The SMILES string of the molecule is CO[C@H]1O[C@H](CO)[C@@H](O[C@@H]2O[C@H](CO[C@]3(C(=O)O)C[C@H](O)[C@@H](NC(=O)CO)[C@H]([C@H](O)[C@H](O)CO)O3)[C@H](O)[C@H](O)[C@H]2O)[C@H](O)[C@H]1O. The van der Waals surface area contributed by atoms with Crippen molar-refractivity contribution in [3.05, 3.63) is 0 Å². The fourth-order valence-electron chi connectivity index (χ4n) is 5.23. The maximum absolute atomic E-state index is 12.4. The van der Waals surface area contributed by atoms with E-state index < -0.39 is 142 Å². The first-order chi connectivity index (χ1) is 21.2. The number of carboxylic acid groups (broad SMARTS) is 1. The van der Waals surface area contributed by atoms with Crippen LogP contribution in [0.4, 0.5) is 0 Å². The first kappa shape index (κ1) is 37.7. The number of aliphatic carboxylic acids is 1. The average Bonchev–Trinajstić information content (AvgIpc) is 3.02. The highest BCUT2D eigenvalue weighted by atomic mass is 16.8. The van der Waals surface area contributed by atoms with E-state index in [2.05, 4.69) is 5.32 Å². The molecule has 0 unspecified atom stereocenters. The number of hydrogen-bond donors (Lipinski definition) is 13. The summed E-state index contributed by atoms with van der Waals surface area (Å²) in [5.74, 6) is -5.85. The molecule has 13 N–H and O–H groups in total. The molecule has 3 rings (SSSR count). The molecule has 0 aromatic carbocycles. The van der Waals surface area contributed by atoms with Gasteiger partial charge in [0.05, 0.1) is 32.0 Å². The molecule has 0 bridgehead atoms. The second-order valence-corrected chi connectivity index (χ2v) is 10.8. The quantitative estimate of drug-likeness (QED) is 0.0869. The van der Waals surface area contributed by atoms with Crippen molar-refractivity contribution < 1.29 is 99.3 Å². The summed E-state index contributed by atoms with van der Waals surface area (Å²) in [7, 11) is 1.16. The number of ether oxygens (including phenoxy) is 6. The lowest BCUT2D eigenvalue weighted by atomic mass is 9.88. The molecular formula is C24H41NO20. The fraction of sp³-hybridized carbons (Fsp3) is 0.917. The number of methoxy groups -OCH3 is 1. The van der Waals surface area contributed by atoms with Gasteiger partial charge in [-0.1, -0.05) is 0 Å². The van der Waals surface area contributed by atoms with Crippen LogP contribution in [0.1, 0.15) is 6.42 Å². The third-order valence-electron chi connectivity index (χ3n) is 7.78. The lowest BCUT2D eigenvalue weighted by molar-refractivity contribution is -0.366. The van der Waals surface area contributed by atoms with Crippen LogP contribution in [0.2, 0.25) is 0 Å². The van der Waals surface area contributed by atoms with E-state index in [1.807, 2.05) is 0 Å². The van der Waals surface area contributed by atoms with Crippen LogP contribution in [0.5, 0.6) is 0 Å². The molecule has 3 aliphatic heterocycles. The van der Waals surface area contributed by atoms with Gasteiger partial charge in [-0.05, 0) is 0 Å². The molecule has 0 aliphatic carbocycles. The Bertz CT molecular complexity index is 975. The van der Waals surface area contributed by atoms with Gasteiger partial charge < -0.3 is 95.0 Å². The first-order valence-electron chi connectivity index (χ1n) is 13.8. The van der Waals surface area contributed by atoms with Crippen molar-refractivity contribution in [1.82, 2.24) is 5.32 Å². The molecule has 262 valence electrons. The molecule has 3 aliphatic rings. The van der Waals surface area contributed by atoms with Gasteiger partial charge in [0.1, 0.15) is 73.8 Å². The van der Waals surface area contributed by atoms with Gasteiger partial charge in [0, 0.05) is 13.5 Å². The summed E-state index contributed by atoms with van der Waals surface area (Å²) >= 11 is 0. The van der Waals surface area contributed by atoms with E-state index in [1.165, 1.54) is 0 Å². The number of amides is 1. The third-order valence-corrected chi connectivity index (χ3v) is 7.78. The van der Waals surface area contributed by atoms with Crippen LogP contribution in [0.15, 0.2) is 0 Å². The van der Waals surface area contributed by atoms with Gasteiger partial charge in [-0.2, -0.15) is 0 Å². The van der Waals surface area contributed by atoms with Crippen molar-refractivity contribution >= 4 is 11.9 Å². The summed E-state index contributed by atoms with van der Waals surface area (Å²) in [6.07, 6.45) is -26.3. The van der Waals surface area contributed by atoms with Crippen molar-refractivity contribution in [2.75, 3.05) is 33.5 Å². The van der Waals surface area contributed by atoms with E-state index in [9.17, 15) is 65.8 Å². The molecule has 0 aromatic rings. The molecule has 3 heterocycles. The van der Waals surface area contributed by atoms with Crippen molar-refractivity contribution in [2.45, 2.75) is 104 Å². The van der Waals surface area contributed by atoms with Crippen molar-refractivity contribution in [1.29, 1.82) is 0 Å². The topological polar surface area (TPSA) is 344 Å². The molecule has 0 radical (unpaired) electrons. The molecule has 0 spiro atoms. The van der Waals surface area contributed by atoms with E-state index in [0.29, 0.717) is 0 Å². The summed E-state index contributed by atoms with van der Waals surface area (Å²) in [6, 6.07) is -1.63. The fourth-order valence-corrected chi connectivity index (χ4v) is 5.23. The number of carbonyl (C=O) groups is 2. The van der Waals surface area contributed by atoms with Crippen LogP contribution in [-0.4, -0.2) is 204 Å². The number of rotatable bonds is 13. The van der Waals surface area contributed by atoms with Crippen molar-refractivity contribution in [3.8, 4) is 0 Å². The Hall–Kier alpha value is -1.74. The standard InChI is InChI=1S/C24H41NO20/c1-40-21-18(37)16(35)19(9(4-27)42-21)44-22-17(36)15(34)14(33)10(43-22)6-41-24(23(38)39)2-7(29)12(25-11(31)5-28)20(45-24)13(32)8(30)3-26/h7-10,12-22,26-30,32-37H,2-6H2,1H3,(H,25,31)(H,38,39)/t7-,8+,9+,10+,12+,13+,14-,15-,16+,17+,18+,19+,20+,21-,22-,24+/m0/s1. The summed E-state index contributed by atoms with van der Waals surface area (Å²) in [5, 5.41) is 124. The Morgan fingerprint density at radius 3 is 2.09 bits per heavy atom. The van der Waals surface area contributed by atoms with Gasteiger partial charge >= 0.3 is 5.97 Å². The van der Waals surface area contributed by atoms with E-state index >= 15 is 0 Å². The van der Waals surface area contributed by atoms with Crippen LogP contribution < -0.4 is 5.32 Å². The van der Waals surface area contributed by atoms with Gasteiger partial charge in [0.25, 0.3) is 5.79 Å². The smallest absolute Gasteiger partial charge is 0.364 e. The summed E-state index contributed by atoms with van der Waals surface area (Å²) < 4.78 is 32.1. The zero-order valence-electron chi connectivity index (χ0n) is 23.8. The van der Waals surface area contributed by atoms with Crippen molar-refractivity contribution in [3.63, 3.8) is 0 Å². The molecule has 45 heavy (non-hydrogen) atoms. The van der Waals surface area contributed by atoms with E-state index in [4.69, 9.17) is 33.5 Å². The average molecular weight is 664 g/mol. The van der Waals surface area contributed by atoms with Gasteiger partial charge in [-0.25, -0.2) is 4.79 Å². The Kier molecular flexibility index (Phi) is 13.3. The van der Waals surface area contributed by atoms with E-state index in [1.54, 1.807) is 0 Å². The summed E-state index contributed by atoms with van der Waals surface area (Å²) in [6.45, 7) is -3.88. The number of nitrogens with one attached hydrogen (secondary N) is 1. The highest BCUT2D eigenvalue weighted by molar-refractivity contribution is 5.78. The molecule has 16 atom stereocenters. The molecule has 1 amide bonds. The largest absolute Gasteiger partial charge is 0.477 e. The van der Waals surface area contributed by atoms with Crippen LogP contribution in [0.3, 0.4) is 0 Å². The number of aliphatic hydroxyl groups excluding tert-OH is 11. The Morgan fingerprint density at radius 1 is 0.911 bits per heavy atom. The highest BCUT2D eigenvalue weighted by Gasteiger charge is 2.57. The normalized spacial score (nSPS) is 43.8. The molecule has 3 fully saturated rings. The first-order valence-corrected chi connectivity index (χ1v) is 13.8. The maximum Gasteiger partial charge on any atom is 0.364 e. The van der Waals surface area contributed by atoms with Gasteiger partial charge in [-0.15, -0.1) is 0 Å². The Labute approximate surface area is 254 Å². The lowest BCUT2D eigenvalue weighted by Crippen LogP contribution is -2.69. The zero-order valence-corrected chi connectivity index (χ0v) is 23.8. The second-order valence-electron chi connectivity index (χ2n) is 10.8. The van der Waals surface area contributed by atoms with Crippen LogP contribution >= 0.6 is 0 Å². The maximum atomic E-state index is 12.4. The van der Waals surface area contributed by atoms with E-state index in [-0.39, 0.29) is 0 Å². The van der Waals surface area contributed by atoms with Crippen LogP contribution in [0, 0.1) is 0 Å². The van der Waals surface area contributed by atoms with Gasteiger partial charge in [0.15, 0.2) is 12.6 Å². The summed E-state index contributed by atoms with van der Waals surface area (Å²) in [4.78, 5) is 24.2. The minimum Gasteiger partial charge on any atom is -0.477 e. The number of carboxylic acids is 1. The number of hydrogen-bond acceptors (Lipinski definition) is 19. The molecule has 21 heteroatoms.